The number of allylic oxidation sites excluding steroid dienone is 8. The Labute approximate surface area is 398 Å². The van der Waals surface area contributed by atoms with Crippen LogP contribution in [0.1, 0.15) is 181 Å². The third kappa shape index (κ3) is 45.4. The van der Waals surface area contributed by atoms with Crippen molar-refractivity contribution in [1.29, 1.82) is 0 Å². The van der Waals surface area contributed by atoms with Gasteiger partial charge in [-0.3, -0.25) is 14.2 Å². The smallest absolute Gasteiger partial charge is 0.268 e. The number of hydrogen-bond donors (Lipinski definition) is 4. The molecule has 0 aliphatic carbocycles. The Morgan fingerprint density at radius 1 is 0.523 bits per heavy atom. The molecule has 2 atom stereocenters. The highest BCUT2D eigenvalue weighted by Crippen LogP contribution is 2.38. The summed E-state index contributed by atoms with van der Waals surface area (Å²) in [6.07, 6.45) is 43.9. The number of nitrogens with one attached hydrogen (secondary N) is 2. The van der Waals surface area contributed by atoms with E-state index in [-0.39, 0.29) is 24.9 Å². The van der Waals surface area contributed by atoms with Gasteiger partial charge in [-0.1, -0.05) is 127 Å². The van der Waals surface area contributed by atoms with Crippen LogP contribution in [0.15, 0.2) is 48.6 Å². The van der Waals surface area contributed by atoms with Gasteiger partial charge in [-0.2, -0.15) is 0 Å². The van der Waals surface area contributed by atoms with E-state index in [4.69, 9.17) is 9.05 Å². The summed E-state index contributed by atoms with van der Waals surface area (Å²) in [7, 11) is 2.99. The van der Waals surface area contributed by atoms with Crippen LogP contribution in [0.4, 0.5) is 0 Å². The fraction of sp³-hybridized carbons (Fsp3) is 0.808. The Balaban J connectivity index is 4.00. The molecule has 0 heterocycles. The molecular weight excluding hydrogens is 840 g/mol. The predicted octanol–water partition coefficient (Wildman–Crippen LogP) is 10.0. The summed E-state index contributed by atoms with van der Waals surface area (Å²) in [6, 6.07) is 0. The Morgan fingerprint density at radius 2 is 0.846 bits per heavy atom. The lowest BCUT2D eigenvalue weighted by atomic mass is 10.1. The number of amides is 2. The number of unbranched alkanes of at least 4 members (excludes halogenated alkanes) is 16. The maximum Gasteiger partial charge on any atom is 0.268 e. The number of carbonyl (C=O) groups is 2. The van der Waals surface area contributed by atoms with E-state index in [0.29, 0.717) is 48.0 Å². The summed E-state index contributed by atoms with van der Waals surface area (Å²) in [5.41, 5.74) is 0. The quantitative estimate of drug-likeness (QED) is 0.0203. The molecule has 12 nitrogen and oxygen atoms in total. The first kappa shape index (κ1) is 62.8. The third-order valence-corrected chi connectivity index (χ3v) is 12.4. The van der Waals surface area contributed by atoms with Crippen molar-refractivity contribution in [1.82, 2.24) is 10.6 Å². The second kappa shape index (κ2) is 42.0. The van der Waals surface area contributed by atoms with Crippen molar-refractivity contribution in [3.05, 3.63) is 48.6 Å². The van der Waals surface area contributed by atoms with Crippen molar-refractivity contribution < 1.29 is 47.3 Å². The van der Waals surface area contributed by atoms with E-state index < -0.39 is 33.2 Å². The molecule has 0 aromatic rings. The van der Waals surface area contributed by atoms with Gasteiger partial charge in [0.15, 0.2) is 0 Å². The number of phosphoric acid groups is 1. The molecule has 0 saturated carbocycles. The van der Waals surface area contributed by atoms with Crippen molar-refractivity contribution >= 4 is 19.6 Å². The molecule has 2 unspecified atom stereocenters. The summed E-state index contributed by atoms with van der Waals surface area (Å²) < 4.78 is 23.2. The standard InChI is InChI=1S/C52H99N4O8P/c1-7-9-11-13-15-17-19-21-23-25-27-29-31-33-35-39-51(59)53-41-37-43-55(3,4)45-49(57)47-63-65(61,62)64-48-50(58)46-56(5,6)44-38-42-54-52(60)40-36-34-32-30-28-26-24-22-20-18-16-14-12-10-8-2/h15-18,21-24,49-50,57-58H,7-14,19-20,25-48H2,1-6H3,(H-2,53,54,59,60,61,62)/p+1/b17-15-,18-16-,23-21-,24-22-. The van der Waals surface area contributed by atoms with Crippen molar-refractivity contribution in [2.75, 3.05) is 80.7 Å². The van der Waals surface area contributed by atoms with Gasteiger partial charge in [-0.15, -0.1) is 0 Å². The highest BCUT2D eigenvalue weighted by Gasteiger charge is 2.25. The highest BCUT2D eigenvalue weighted by atomic mass is 31.2. The third-order valence-electron chi connectivity index (χ3n) is 11.5. The maximum atomic E-state index is 12.4. The molecule has 0 rings (SSSR count). The molecule has 0 aromatic heterocycles. The minimum atomic E-state index is -4.75. The van der Waals surface area contributed by atoms with Gasteiger partial charge in [-0.05, 0) is 77.0 Å². The van der Waals surface area contributed by atoms with Crippen molar-refractivity contribution in [2.24, 2.45) is 0 Å². The molecule has 0 aliphatic heterocycles. The second-order valence-corrected chi connectivity index (χ2v) is 20.8. The van der Waals surface area contributed by atoms with Gasteiger partial charge in [-0.25, -0.2) is 0 Å². The van der Waals surface area contributed by atoms with Crippen molar-refractivity contribution in [3.63, 3.8) is 0 Å². The number of aliphatic hydroxyl groups is 2. The topological polar surface area (TPSA) is 157 Å². The van der Waals surface area contributed by atoms with Crippen LogP contribution in [-0.2, 0) is 23.2 Å². The molecule has 0 fully saturated rings. The van der Waals surface area contributed by atoms with E-state index >= 15 is 0 Å². The summed E-state index contributed by atoms with van der Waals surface area (Å²) in [5.74, 6) is 0.124. The van der Waals surface area contributed by atoms with Crippen LogP contribution >= 0.6 is 7.82 Å². The zero-order valence-corrected chi connectivity index (χ0v) is 43.4. The Morgan fingerprint density at radius 3 is 1.20 bits per heavy atom. The minimum absolute atomic E-state index is 0.0620. The van der Waals surface area contributed by atoms with Crippen LogP contribution in [0.3, 0.4) is 0 Å². The molecule has 2 amide bonds. The normalized spacial score (nSPS) is 14.5. The first-order chi connectivity index (χ1) is 31.1. The zero-order valence-electron chi connectivity index (χ0n) is 42.5. The monoisotopic (exact) mass is 940 g/mol. The largest absolute Gasteiger partial charge is 0.756 e. The average molecular weight is 940 g/mol. The molecule has 0 aromatic carbocycles. The second-order valence-electron chi connectivity index (χ2n) is 19.4. The summed E-state index contributed by atoms with van der Waals surface area (Å²) in [4.78, 5) is 37.0. The summed E-state index contributed by atoms with van der Waals surface area (Å²) in [5, 5.41) is 27.1. The molecule has 0 aliphatic rings. The van der Waals surface area contributed by atoms with E-state index in [2.05, 4.69) is 73.1 Å². The summed E-state index contributed by atoms with van der Waals surface area (Å²) in [6.45, 7) is 6.51. The number of carbonyl (C=O) groups excluding carboxylic acids is 2. The SMILES string of the molecule is CCCCC/C=C\C/C=C\CCCCCCCC(=O)NCCC[N+](C)(C)CC(O)COP(=O)([O-])OCC(O)C[N+](C)(C)CCCNC(=O)CCCCCCC/C=C\C/C=C\CCCCC. The first-order valence-electron chi connectivity index (χ1n) is 25.8. The number of phosphoric ester groups is 1. The molecule has 0 saturated heterocycles. The van der Waals surface area contributed by atoms with Crippen LogP contribution in [0.25, 0.3) is 0 Å². The number of likely N-dealkylation sites (N-methyl/N-ethyl adjacent to an activating group) is 2. The van der Waals surface area contributed by atoms with E-state index in [1.54, 1.807) is 0 Å². The van der Waals surface area contributed by atoms with Gasteiger partial charge in [0.1, 0.15) is 25.3 Å². The number of hydrogen-bond acceptors (Lipinski definition) is 8. The zero-order chi connectivity index (χ0) is 48.3. The van der Waals surface area contributed by atoms with Gasteiger partial charge in [0, 0.05) is 38.8 Å². The highest BCUT2D eigenvalue weighted by molar-refractivity contribution is 7.45. The van der Waals surface area contributed by atoms with Gasteiger partial charge in [0.2, 0.25) is 11.8 Å². The van der Waals surface area contributed by atoms with Crippen LogP contribution in [0, 0.1) is 0 Å². The number of aliphatic hydroxyl groups excluding tert-OH is 2. The Kier molecular flexibility index (Phi) is 40.6. The van der Waals surface area contributed by atoms with Crippen LogP contribution in [-0.4, -0.2) is 124 Å². The van der Waals surface area contributed by atoms with Crippen LogP contribution in [0.5, 0.6) is 0 Å². The number of quaternary nitrogens is 2. The van der Waals surface area contributed by atoms with Crippen LogP contribution < -0.4 is 15.5 Å². The molecule has 13 heteroatoms. The van der Waals surface area contributed by atoms with Crippen molar-refractivity contribution in [2.45, 2.75) is 193 Å². The average Bonchev–Trinajstić information content (AvgIpc) is 3.25. The Hall–Kier alpha value is -2.15. The van der Waals surface area contributed by atoms with E-state index in [0.717, 1.165) is 77.0 Å². The van der Waals surface area contributed by atoms with Gasteiger partial charge in [0.25, 0.3) is 7.82 Å². The van der Waals surface area contributed by atoms with E-state index in [1.165, 1.54) is 77.0 Å². The van der Waals surface area contributed by atoms with E-state index in [1.807, 2.05) is 28.2 Å². The molecule has 0 spiro atoms. The van der Waals surface area contributed by atoms with Gasteiger partial charge < -0.3 is 43.8 Å². The molecular formula is C52H100N4O8P+. The van der Waals surface area contributed by atoms with E-state index in [9.17, 15) is 29.3 Å². The number of nitrogens with zero attached hydrogens (tertiary/aromatic N) is 2. The first-order valence-corrected chi connectivity index (χ1v) is 27.3. The molecule has 65 heavy (non-hydrogen) atoms. The van der Waals surface area contributed by atoms with Crippen LogP contribution in [0.2, 0.25) is 0 Å². The lowest BCUT2D eigenvalue weighted by Crippen LogP contribution is -2.48. The Bertz CT molecular complexity index is 1230. The molecule has 4 N–H and O–H groups in total. The lowest BCUT2D eigenvalue weighted by molar-refractivity contribution is -0.893. The maximum absolute atomic E-state index is 12.4. The predicted molar refractivity (Wildman–Crippen MR) is 269 cm³/mol. The lowest BCUT2D eigenvalue weighted by Gasteiger charge is -2.33. The fourth-order valence-corrected chi connectivity index (χ4v) is 8.45. The fourth-order valence-electron chi connectivity index (χ4n) is 7.66. The molecule has 380 valence electrons. The van der Waals surface area contributed by atoms with Gasteiger partial charge >= 0.3 is 0 Å². The summed E-state index contributed by atoms with van der Waals surface area (Å²) >= 11 is 0. The van der Waals surface area contributed by atoms with Crippen molar-refractivity contribution in [3.8, 4) is 0 Å². The molecule has 0 radical (unpaired) electrons. The molecule has 0 bridgehead atoms. The minimum Gasteiger partial charge on any atom is -0.756 e. The number of rotatable bonds is 46. The van der Waals surface area contributed by atoms with Gasteiger partial charge in [0.05, 0.1) is 54.5 Å².